The number of aromatic nitrogens is 1. The molecule has 1 aliphatic heterocycles. The highest BCUT2D eigenvalue weighted by Gasteiger charge is 2.30. The molecule has 0 radical (unpaired) electrons. The minimum Gasteiger partial charge on any atom is -0.480 e. The van der Waals surface area contributed by atoms with Gasteiger partial charge in [0.2, 0.25) is 0 Å². The summed E-state index contributed by atoms with van der Waals surface area (Å²) < 4.78 is 5.92. The van der Waals surface area contributed by atoms with Gasteiger partial charge in [0, 0.05) is 30.8 Å². The lowest BCUT2D eigenvalue weighted by Crippen LogP contribution is -2.42. The summed E-state index contributed by atoms with van der Waals surface area (Å²) in [6.07, 6.45) is 9.11. The topological polar surface area (TPSA) is 101 Å². The molecule has 7 nitrogen and oxygen atoms in total. The lowest BCUT2D eigenvalue weighted by Gasteiger charge is -2.35. The number of carbonyl (C=O) groups excluding carboxylic acids is 1. The van der Waals surface area contributed by atoms with Crippen LogP contribution >= 0.6 is 0 Å². The number of nitrogens with zero attached hydrogens (tertiary/aromatic N) is 1. The number of pyridine rings is 1. The fourth-order valence-corrected chi connectivity index (χ4v) is 5.11. The Morgan fingerprint density at radius 1 is 1.20 bits per heavy atom. The average molecular weight is 478 g/mol. The number of fused-ring (bicyclic) bond motifs is 1. The molecule has 3 N–H and O–H groups in total. The van der Waals surface area contributed by atoms with Gasteiger partial charge in [-0.25, -0.2) is 9.78 Å². The smallest absolute Gasteiger partial charge is 0.326 e. The van der Waals surface area contributed by atoms with Gasteiger partial charge in [-0.05, 0) is 92.5 Å². The first kappa shape index (κ1) is 23.8. The second kappa shape index (κ2) is 10.8. The van der Waals surface area contributed by atoms with Gasteiger partial charge >= 0.3 is 5.97 Å². The van der Waals surface area contributed by atoms with E-state index in [1.807, 2.05) is 18.2 Å². The zero-order chi connectivity index (χ0) is 24.2. The van der Waals surface area contributed by atoms with E-state index >= 15 is 0 Å². The number of rotatable bonds is 11. The van der Waals surface area contributed by atoms with Crippen LogP contribution in [0.2, 0.25) is 0 Å². The van der Waals surface area contributed by atoms with Gasteiger partial charge in [0.15, 0.2) is 0 Å². The van der Waals surface area contributed by atoms with Crippen LogP contribution in [0.4, 0.5) is 5.82 Å². The maximum Gasteiger partial charge on any atom is 0.326 e. The number of benzene rings is 1. The van der Waals surface area contributed by atoms with Gasteiger partial charge in [-0.2, -0.15) is 0 Å². The first-order valence-corrected chi connectivity index (χ1v) is 13.0. The Balaban J connectivity index is 1.01. The van der Waals surface area contributed by atoms with Crippen molar-refractivity contribution in [3.8, 4) is 0 Å². The number of anilines is 1. The minimum absolute atomic E-state index is 0.179. The second-order valence-electron chi connectivity index (χ2n) is 10.3. The van der Waals surface area contributed by atoms with Crippen LogP contribution in [-0.4, -0.2) is 47.3 Å². The summed E-state index contributed by atoms with van der Waals surface area (Å²) in [5.41, 5.74) is 4.14. The number of aryl methyl sites for hydroxylation is 2. The van der Waals surface area contributed by atoms with E-state index in [0.29, 0.717) is 24.0 Å². The first-order chi connectivity index (χ1) is 17.0. The first-order valence-electron chi connectivity index (χ1n) is 13.0. The van der Waals surface area contributed by atoms with Crippen molar-refractivity contribution in [3.63, 3.8) is 0 Å². The molecule has 5 rings (SSSR count). The molecule has 35 heavy (non-hydrogen) atoms. The number of carboxylic acids is 1. The van der Waals surface area contributed by atoms with E-state index in [4.69, 9.17) is 9.72 Å². The Hall–Kier alpha value is -2.93. The van der Waals surface area contributed by atoms with Gasteiger partial charge in [0.25, 0.3) is 5.91 Å². The molecule has 1 amide bonds. The average Bonchev–Trinajstić information content (AvgIpc) is 3.69. The number of carbonyl (C=O) groups is 2. The number of aliphatic carboxylic acids is 1. The fraction of sp³-hybridized carbons (Fsp3) is 0.536. The number of carboxylic acid groups (broad SMARTS) is 1. The molecule has 1 unspecified atom stereocenters. The van der Waals surface area contributed by atoms with Crippen LogP contribution in [0.15, 0.2) is 36.4 Å². The number of ether oxygens (including phenoxy) is 1. The zero-order valence-corrected chi connectivity index (χ0v) is 20.2. The summed E-state index contributed by atoms with van der Waals surface area (Å²) in [4.78, 5) is 29.1. The van der Waals surface area contributed by atoms with Crippen LogP contribution in [0.25, 0.3) is 0 Å². The van der Waals surface area contributed by atoms with Crippen molar-refractivity contribution in [1.82, 2.24) is 10.3 Å². The van der Waals surface area contributed by atoms with Gasteiger partial charge in [-0.1, -0.05) is 18.2 Å². The van der Waals surface area contributed by atoms with Crippen molar-refractivity contribution >= 4 is 17.7 Å². The highest BCUT2D eigenvalue weighted by molar-refractivity contribution is 5.96. The van der Waals surface area contributed by atoms with E-state index in [0.717, 1.165) is 68.6 Å². The van der Waals surface area contributed by atoms with E-state index in [2.05, 4.69) is 22.8 Å². The number of nitrogens with one attached hydrogen (secondary N) is 2. The van der Waals surface area contributed by atoms with Crippen LogP contribution in [0.5, 0.6) is 0 Å². The SMILES string of the molecule is O=C(NC(CCO[C@H]1C[C@H](CCc2ccc3c(n2)NCCC3)C1)C(=O)O)c1cccc(C2CC2)c1. The quantitative estimate of drug-likeness (QED) is 0.446. The van der Waals surface area contributed by atoms with Crippen LogP contribution < -0.4 is 10.6 Å². The number of amides is 1. The van der Waals surface area contributed by atoms with Gasteiger partial charge < -0.3 is 20.5 Å². The molecule has 2 fully saturated rings. The largest absolute Gasteiger partial charge is 0.480 e. The highest BCUT2D eigenvalue weighted by Crippen LogP contribution is 2.40. The standard InChI is InChI=1S/C28H35N3O4/c32-27(22-4-1-3-21(17-22)19-7-8-19)31-25(28(33)34)12-14-35-24-15-18(16-24)6-10-23-11-9-20-5-2-13-29-26(20)30-23/h1,3-4,9,11,17-19,24-25H,2,5-8,10,12-16H2,(H,29,30)(H,31,32)(H,33,34)/t18-,24-,25?. The Labute approximate surface area is 206 Å². The molecule has 0 saturated heterocycles. The molecule has 1 aromatic carbocycles. The van der Waals surface area contributed by atoms with Crippen molar-refractivity contribution in [3.05, 3.63) is 58.8 Å². The number of hydrogen-bond acceptors (Lipinski definition) is 5. The molecule has 3 aliphatic rings. The molecule has 1 atom stereocenters. The van der Waals surface area contributed by atoms with Crippen LogP contribution in [0, 0.1) is 5.92 Å². The fourth-order valence-electron chi connectivity index (χ4n) is 5.11. The maximum absolute atomic E-state index is 12.6. The van der Waals surface area contributed by atoms with Crippen molar-refractivity contribution in [2.45, 2.75) is 75.9 Å². The lowest BCUT2D eigenvalue weighted by molar-refractivity contribution is -0.140. The summed E-state index contributed by atoms with van der Waals surface area (Å²) in [6.45, 7) is 1.33. The predicted molar refractivity (Wildman–Crippen MR) is 134 cm³/mol. The molecule has 7 heteroatoms. The third-order valence-electron chi connectivity index (χ3n) is 7.51. The molecule has 0 spiro atoms. The van der Waals surface area contributed by atoms with E-state index in [1.165, 1.54) is 12.0 Å². The summed E-state index contributed by atoms with van der Waals surface area (Å²) in [7, 11) is 0. The summed E-state index contributed by atoms with van der Waals surface area (Å²) >= 11 is 0. The molecule has 2 heterocycles. The molecule has 1 aromatic heterocycles. The van der Waals surface area contributed by atoms with Gasteiger partial charge in [0.05, 0.1) is 6.10 Å². The molecule has 2 aromatic rings. The van der Waals surface area contributed by atoms with E-state index in [9.17, 15) is 14.7 Å². The Bertz CT molecular complexity index is 1060. The number of hydrogen-bond donors (Lipinski definition) is 3. The molecule has 186 valence electrons. The van der Waals surface area contributed by atoms with Crippen molar-refractivity contribution in [2.75, 3.05) is 18.5 Å². The second-order valence-corrected chi connectivity index (χ2v) is 10.3. The summed E-state index contributed by atoms with van der Waals surface area (Å²) in [5, 5.41) is 15.6. The molecular formula is C28H35N3O4. The highest BCUT2D eigenvalue weighted by atomic mass is 16.5. The summed E-state index contributed by atoms with van der Waals surface area (Å²) in [6, 6.07) is 10.9. The molecule has 2 aliphatic carbocycles. The van der Waals surface area contributed by atoms with Gasteiger partial charge in [-0.3, -0.25) is 4.79 Å². The van der Waals surface area contributed by atoms with Crippen molar-refractivity contribution in [1.29, 1.82) is 0 Å². The van der Waals surface area contributed by atoms with Gasteiger partial charge in [-0.15, -0.1) is 0 Å². The lowest BCUT2D eigenvalue weighted by atomic mass is 9.79. The zero-order valence-electron chi connectivity index (χ0n) is 20.2. The minimum atomic E-state index is -1.03. The Morgan fingerprint density at radius 2 is 2.06 bits per heavy atom. The van der Waals surface area contributed by atoms with Crippen LogP contribution in [0.1, 0.15) is 78.0 Å². The molecule has 2 saturated carbocycles. The van der Waals surface area contributed by atoms with E-state index in [1.54, 1.807) is 6.07 Å². The molecule has 0 bridgehead atoms. The van der Waals surface area contributed by atoms with Crippen LogP contribution in [-0.2, 0) is 22.4 Å². The normalized spacial score (nSPS) is 21.8. The van der Waals surface area contributed by atoms with E-state index < -0.39 is 12.0 Å². The van der Waals surface area contributed by atoms with Crippen LogP contribution in [0.3, 0.4) is 0 Å². The third-order valence-corrected chi connectivity index (χ3v) is 7.51. The third kappa shape index (κ3) is 6.20. The summed E-state index contributed by atoms with van der Waals surface area (Å²) in [5.74, 6) is 0.858. The van der Waals surface area contributed by atoms with E-state index in [-0.39, 0.29) is 18.4 Å². The van der Waals surface area contributed by atoms with Gasteiger partial charge in [0.1, 0.15) is 11.9 Å². The Kier molecular flexibility index (Phi) is 7.32. The monoisotopic (exact) mass is 477 g/mol. The molecular weight excluding hydrogens is 442 g/mol. The maximum atomic E-state index is 12.6. The predicted octanol–water partition coefficient (Wildman–Crippen LogP) is 4.32. The Morgan fingerprint density at radius 3 is 2.86 bits per heavy atom. The van der Waals surface area contributed by atoms with Crippen molar-refractivity contribution < 1.29 is 19.4 Å². The van der Waals surface area contributed by atoms with Crippen molar-refractivity contribution in [2.24, 2.45) is 5.92 Å².